The van der Waals surface area contributed by atoms with Crippen LogP contribution >= 0.6 is 11.6 Å². The number of benzene rings is 1. The Hall–Kier alpha value is -1.06. The van der Waals surface area contributed by atoms with Crippen LogP contribution in [-0.2, 0) is 11.2 Å². The summed E-state index contributed by atoms with van der Waals surface area (Å²) in [6.07, 6.45) is 7.47. The molecule has 0 spiro atoms. The molecule has 0 radical (unpaired) electrons. The average Bonchev–Trinajstić information content (AvgIpc) is 3.05. The van der Waals surface area contributed by atoms with Crippen molar-refractivity contribution < 1.29 is 4.79 Å². The molecule has 132 valence electrons. The smallest absolute Gasteiger partial charge is 0.229 e. The maximum atomic E-state index is 13.4. The molecular weight excluding hydrogens is 320 g/mol. The van der Waals surface area contributed by atoms with Crippen LogP contribution in [0.2, 0.25) is 5.02 Å². The summed E-state index contributed by atoms with van der Waals surface area (Å²) in [4.78, 5) is 15.5. The van der Waals surface area contributed by atoms with Crippen molar-refractivity contribution in [1.82, 2.24) is 10.2 Å². The van der Waals surface area contributed by atoms with Crippen molar-refractivity contribution in [2.24, 2.45) is 11.3 Å². The van der Waals surface area contributed by atoms with Crippen LogP contribution in [0.1, 0.15) is 44.1 Å². The highest BCUT2D eigenvalue weighted by Gasteiger charge is 2.44. The van der Waals surface area contributed by atoms with Crippen molar-refractivity contribution in [1.29, 1.82) is 0 Å². The topological polar surface area (TPSA) is 32.3 Å². The van der Waals surface area contributed by atoms with Gasteiger partial charge in [0, 0.05) is 18.1 Å². The molecule has 24 heavy (non-hydrogen) atoms. The molecule has 3 nitrogen and oxygen atoms in total. The first-order valence-electron chi connectivity index (χ1n) is 9.31. The number of hydrogen-bond acceptors (Lipinski definition) is 2. The number of carbonyl (C=O) groups excluding carboxylic acids is 1. The van der Waals surface area contributed by atoms with Crippen LogP contribution in [0.15, 0.2) is 24.3 Å². The standard InChI is InChI=1S/C20H29ClN2O/c1-22-15-16-7-11-23(12-8-16)19(24)20(9-2-3-10-20)14-17-5-4-6-18(21)13-17/h4-6,13,16,22H,2-3,7-12,14-15H2,1H3. The zero-order chi connectivity index (χ0) is 17.0. The number of nitrogens with zero attached hydrogens (tertiary/aromatic N) is 1. The van der Waals surface area contributed by atoms with Crippen molar-refractivity contribution in [3.63, 3.8) is 0 Å². The third-order valence-corrected chi connectivity index (χ3v) is 6.08. The monoisotopic (exact) mass is 348 g/mol. The molecule has 3 rings (SSSR count). The molecule has 1 aromatic carbocycles. The summed E-state index contributed by atoms with van der Waals surface area (Å²) in [6, 6.07) is 8.03. The van der Waals surface area contributed by atoms with E-state index >= 15 is 0 Å². The van der Waals surface area contributed by atoms with Crippen molar-refractivity contribution >= 4 is 17.5 Å². The van der Waals surface area contributed by atoms with Crippen LogP contribution in [0, 0.1) is 11.3 Å². The van der Waals surface area contributed by atoms with Gasteiger partial charge in [0.25, 0.3) is 0 Å². The fourth-order valence-corrected chi connectivity index (χ4v) is 4.73. The molecule has 1 aliphatic heterocycles. The molecule has 0 aromatic heterocycles. The zero-order valence-electron chi connectivity index (χ0n) is 14.7. The van der Waals surface area contributed by atoms with E-state index in [1.807, 2.05) is 25.2 Å². The van der Waals surface area contributed by atoms with Gasteiger partial charge in [-0.25, -0.2) is 0 Å². The van der Waals surface area contributed by atoms with Gasteiger partial charge < -0.3 is 10.2 Å². The Morgan fingerprint density at radius 1 is 1.29 bits per heavy atom. The van der Waals surface area contributed by atoms with Crippen LogP contribution in [-0.4, -0.2) is 37.5 Å². The molecule has 1 saturated heterocycles. The van der Waals surface area contributed by atoms with E-state index in [4.69, 9.17) is 11.6 Å². The van der Waals surface area contributed by atoms with E-state index in [-0.39, 0.29) is 5.41 Å². The van der Waals surface area contributed by atoms with E-state index in [9.17, 15) is 4.79 Å². The van der Waals surface area contributed by atoms with Gasteiger partial charge in [0.05, 0.1) is 5.41 Å². The average molecular weight is 349 g/mol. The summed E-state index contributed by atoms with van der Waals surface area (Å²) in [6.45, 7) is 2.90. The van der Waals surface area contributed by atoms with E-state index < -0.39 is 0 Å². The number of nitrogens with one attached hydrogen (secondary N) is 1. The Morgan fingerprint density at radius 2 is 2.00 bits per heavy atom. The van der Waals surface area contributed by atoms with E-state index in [0.717, 1.165) is 56.8 Å². The van der Waals surface area contributed by atoms with E-state index in [0.29, 0.717) is 11.8 Å². The van der Waals surface area contributed by atoms with Gasteiger partial charge in [0.15, 0.2) is 0 Å². The van der Waals surface area contributed by atoms with E-state index in [1.54, 1.807) is 0 Å². The van der Waals surface area contributed by atoms with Crippen molar-refractivity contribution in [2.75, 3.05) is 26.7 Å². The van der Waals surface area contributed by atoms with Gasteiger partial charge in [-0.2, -0.15) is 0 Å². The number of likely N-dealkylation sites (tertiary alicyclic amines) is 1. The molecule has 1 aromatic rings. The lowest BCUT2D eigenvalue weighted by Gasteiger charge is -2.38. The molecule has 0 atom stereocenters. The number of halogens is 1. The fourth-order valence-electron chi connectivity index (χ4n) is 4.52. The number of hydrogen-bond donors (Lipinski definition) is 1. The summed E-state index contributed by atoms with van der Waals surface area (Å²) in [5, 5.41) is 4.03. The minimum atomic E-state index is -0.194. The Balaban J connectivity index is 1.70. The number of carbonyl (C=O) groups is 1. The molecule has 1 aliphatic carbocycles. The molecule has 1 N–H and O–H groups in total. The minimum Gasteiger partial charge on any atom is -0.342 e. The Kier molecular flexibility index (Phi) is 5.83. The predicted octanol–water partition coefficient (Wildman–Crippen LogP) is 3.90. The maximum absolute atomic E-state index is 13.4. The Morgan fingerprint density at radius 3 is 2.62 bits per heavy atom. The van der Waals surface area contributed by atoms with Gasteiger partial charge in [-0.1, -0.05) is 36.6 Å². The highest BCUT2D eigenvalue weighted by molar-refractivity contribution is 6.30. The quantitative estimate of drug-likeness (QED) is 0.875. The van der Waals surface area contributed by atoms with Gasteiger partial charge in [0.1, 0.15) is 0 Å². The molecule has 1 saturated carbocycles. The molecule has 1 heterocycles. The second kappa shape index (κ2) is 7.88. The third kappa shape index (κ3) is 3.94. The fraction of sp³-hybridized carbons (Fsp3) is 0.650. The first-order valence-corrected chi connectivity index (χ1v) is 9.69. The van der Waals surface area contributed by atoms with Gasteiger partial charge in [-0.05, 0) is 69.3 Å². The molecular formula is C20H29ClN2O. The predicted molar refractivity (Wildman–Crippen MR) is 99.3 cm³/mol. The zero-order valence-corrected chi connectivity index (χ0v) is 15.4. The van der Waals surface area contributed by atoms with Gasteiger partial charge in [-0.3, -0.25) is 4.79 Å². The first kappa shape index (κ1) is 17.8. The number of piperidine rings is 1. The highest BCUT2D eigenvalue weighted by atomic mass is 35.5. The summed E-state index contributed by atoms with van der Waals surface area (Å²) in [5.74, 6) is 1.11. The molecule has 2 fully saturated rings. The second-order valence-corrected chi connectivity index (χ2v) is 8.02. The molecule has 4 heteroatoms. The van der Waals surface area contributed by atoms with Gasteiger partial charge in [-0.15, -0.1) is 0 Å². The summed E-state index contributed by atoms with van der Waals surface area (Å²) < 4.78 is 0. The van der Waals surface area contributed by atoms with Gasteiger partial charge >= 0.3 is 0 Å². The van der Waals surface area contributed by atoms with Gasteiger partial charge in [0.2, 0.25) is 5.91 Å². The SMILES string of the molecule is CNCC1CCN(C(=O)C2(Cc3cccc(Cl)c3)CCCC2)CC1. The lowest BCUT2D eigenvalue weighted by molar-refractivity contribution is -0.143. The van der Waals surface area contributed by atoms with E-state index in [1.165, 1.54) is 18.4 Å². The lowest BCUT2D eigenvalue weighted by Crippen LogP contribution is -2.48. The summed E-state index contributed by atoms with van der Waals surface area (Å²) >= 11 is 6.15. The molecule has 1 amide bonds. The summed E-state index contributed by atoms with van der Waals surface area (Å²) in [5.41, 5.74) is 1.00. The summed E-state index contributed by atoms with van der Waals surface area (Å²) in [7, 11) is 2.01. The third-order valence-electron chi connectivity index (χ3n) is 5.84. The first-order chi connectivity index (χ1) is 11.6. The van der Waals surface area contributed by atoms with Crippen LogP contribution in [0.25, 0.3) is 0 Å². The van der Waals surface area contributed by atoms with Crippen LogP contribution < -0.4 is 5.32 Å². The number of rotatable bonds is 5. The van der Waals surface area contributed by atoms with Crippen LogP contribution in [0.4, 0.5) is 0 Å². The van der Waals surface area contributed by atoms with Crippen LogP contribution in [0.5, 0.6) is 0 Å². The second-order valence-electron chi connectivity index (χ2n) is 7.59. The van der Waals surface area contributed by atoms with Crippen molar-refractivity contribution in [3.8, 4) is 0 Å². The van der Waals surface area contributed by atoms with Crippen molar-refractivity contribution in [3.05, 3.63) is 34.9 Å². The Labute approximate surface area is 150 Å². The largest absolute Gasteiger partial charge is 0.342 e. The molecule has 2 aliphatic rings. The maximum Gasteiger partial charge on any atom is 0.229 e. The number of amides is 1. The lowest BCUT2D eigenvalue weighted by atomic mass is 9.78. The van der Waals surface area contributed by atoms with Crippen molar-refractivity contribution in [2.45, 2.75) is 44.9 Å². The highest BCUT2D eigenvalue weighted by Crippen LogP contribution is 2.43. The minimum absolute atomic E-state index is 0.194. The molecule has 0 unspecified atom stereocenters. The normalized spacial score (nSPS) is 21.2. The van der Waals surface area contributed by atoms with E-state index in [2.05, 4.69) is 16.3 Å². The van der Waals surface area contributed by atoms with Crippen LogP contribution in [0.3, 0.4) is 0 Å². The Bertz CT molecular complexity index is 561. The molecule has 0 bridgehead atoms.